The molecule has 0 radical (unpaired) electrons. The summed E-state index contributed by atoms with van der Waals surface area (Å²) in [6, 6.07) is 2.83. The third-order valence-electron chi connectivity index (χ3n) is 7.68. The second-order valence-electron chi connectivity index (χ2n) is 9.09. The maximum atomic E-state index is 12.5. The van der Waals surface area contributed by atoms with Crippen molar-refractivity contribution in [3.63, 3.8) is 0 Å². The van der Waals surface area contributed by atoms with Crippen LogP contribution in [-0.2, 0) is 26.2 Å². The van der Waals surface area contributed by atoms with Crippen LogP contribution in [-0.4, -0.2) is 47.0 Å². The molecule has 2 bridgehead atoms. The number of aliphatic hydroxyl groups is 1. The Balaban J connectivity index is 1.51. The van der Waals surface area contributed by atoms with E-state index in [0.29, 0.717) is 23.7 Å². The molecule has 1 aromatic carbocycles. The van der Waals surface area contributed by atoms with Crippen molar-refractivity contribution >= 4 is 11.9 Å². The molecule has 1 aromatic rings. The van der Waals surface area contributed by atoms with Gasteiger partial charge in [0.05, 0.1) is 18.1 Å². The molecular weight excluding hydrogens is 402 g/mol. The minimum absolute atomic E-state index is 0.0116. The van der Waals surface area contributed by atoms with Gasteiger partial charge < -0.3 is 30.2 Å². The molecule has 1 aliphatic heterocycles. The Morgan fingerprint density at radius 2 is 2.19 bits per heavy atom. The molecule has 8 heteroatoms. The summed E-state index contributed by atoms with van der Waals surface area (Å²) >= 11 is 0. The molecule has 3 aliphatic carbocycles. The van der Waals surface area contributed by atoms with Gasteiger partial charge in [0.25, 0.3) is 0 Å². The molecule has 0 amide bonds. The zero-order valence-corrected chi connectivity index (χ0v) is 17.4. The van der Waals surface area contributed by atoms with E-state index >= 15 is 0 Å². The number of carbonyl (C=O) groups is 2. The predicted octanol–water partition coefficient (Wildman–Crippen LogP) is 1.80. The molecule has 0 saturated heterocycles. The molecule has 1 heterocycles. The highest BCUT2D eigenvalue weighted by Crippen LogP contribution is 2.67. The van der Waals surface area contributed by atoms with Gasteiger partial charge in [-0.15, -0.1) is 0 Å². The minimum atomic E-state index is -1.15. The van der Waals surface area contributed by atoms with Gasteiger partial charge in [0.2, 0.25) is 0 Å². The lowest BCUT2D eigenvalue weighted by molar-refractivity contribution is -0.160. The van der Waals surface area contributed by atoms with Gasteiger partial charge in [0.1, 0.15) is 11.8 Å². The van der Waals surface area contributed by atoms with Crippen molar-refractivity contribution in [3.8, 4) is 11.5 Å². The highest BCUT2D eigenvalue weighted by Gasteiger charge is 2.70. The number of carboxylic acid groups (broad SMARTS) is 1. The van der Waals surface area contributed by atoms with Gasteiger partial charge in [-0.3, -0.25) is 9.59 Å². The first-order valence-corrected chi connectivity index (χ1v) is 10.8. The van der Waals surface area contributed by atoms with E-state index in [9.17, 15) is 14.7 Å². The van der Waals surface area contributed by atoms with Crippen molar-refractivity contribution in [2.75, 3.05) is 7.11 Å². The second kappa shape index (κ2) is 6.97. The molecule has 0 unspecified atom stereocenters. The third-order valence-corrected chi connectivity index (χ3v) is 7.68. The van der Waals surface area contributed by atoms with E-state index in [0.717, 1.165) is 36.8 Å². The number of carboxylic acids is 1. The van der Waals surface area contributed by atoms with E-state index in [-0.39, 0.29) is 18.8 Å². The first kappa shape index (κ1) is 20.3. The van der Waals surface area contributed by atoms with E-state index in [1.807, 2.05) is 6.07 Å². The Kier molecular flexibility index (Phi) is 4.57. The first-order chi connectivity index (χ1) is 14.8. The van der Waals surface area contributed by atoms with Crippen molar-refractivity contribution < 1.29 is 34.0 Å². The molecule has 1 saturated carbocycles. The van der Waals surface area contributed by atoms with Gasteiger partial charge >= 0.3 is 11.9 Å². The summed E-state index contributed by atoms with van der Waals surface area (Å²) in [4.78, 5) is 23.4. The predicted molar refractivity (Wildman–Crippen MR) is 109 cm³/mol. The fourth-order valence-corrected chi connectivity index (χ4v) is 6.26. The number of ether oxygens (including phenoxy) is 3. The number of rotatable bonds is 6. The molecule has 1 fully saturated rings. The average molecular weight is 429 g/mol. The van der Waals surface area contributed by atoms with E-state index in [1.54, 1.807) is 13.2 Å². The number of methoxy groups -OCH3 is 1. The Morgan fingerprint density at radius 1 is 1.39 bits per heavy atom. The largest absolute Gasteiger partial charge is 0.493 e. The summed E-state index contributed by atoms with van der Waals surface area (Å²) in [5.41, 5.74) is 6.00. The average Bonchev–Trinajstić information content (AvgIpc) is 3.08. The molecule has 31 heavy (non-hydrogen) atoms. The number of esters is 1. The van der Waals surface area contributed by atoms with Gasteiger partial charge in [-0.05, 0) is 55.7 Å². The Morgan fingerprint density at radius 3 is 2.94 bits per heavy atom. The Hall–Kier alpha value is -2.58. The van der Waals surface area contributed by atoms with Crippen LogP contribution in [0, 0.1) is 5.92 Å². The summed E-state index contributed by atoms with van der Waals surface area (Å²) in [6.07, 6.45) is 4.81. The molecule has 1 spiro atoms. The van der Waals surface area contributed by atoms with Gasteiger partial charge in [0, 0.05) is 12.0 Å². The van der Waals surface area contributed by atoms with Gasteiger partial charge in [-0.25, -0.2) is 0 Å². The van der Waals surface area contributed by atoms with Crippen LogP contribution in [0.5, 0.6) is 11.5 Å². The highest BCUT2D eigenvalue weighted by atomic mass is 16.6. The van der Waals surface area contributed by atoms with Crippen LogP contribution in [0.3, 0.4) is 0 Å². The summed E-state index contributed by atoms with van der Waals surface area (Å²) in [6.45, 7) is 0. The molecule has 5 rings (SSSR count). The number of aliphatic carboxylic acids is 1. The number of hydrogen-bond acceptors (Lipinski definition) is 7. The minimum Gasteiger partial charge on any atom is -0.493 e. The van der Waals surface area contributed by atoms with Crippen molar-refractivity contribution in [2.24, 2.45) is 11.7 Å². The quantitative estimate of drug-likeness (QED) is 0.584. The summed E-state index contributed by atoms with van der Waals surface area (Å²) in [7, 11) is 1.59. The summed E-state index contributed by atoms with van der Waals surface area (Å²) in [5, 5.41) is 20.9. The summed E-state index contributed by atoms with van der Waals surface area (Å²) in [5.74, 6) is 0.0112. The van der Waals surface area contributed by atoms with Gasteiger partial charge in [-0.2, -0.15) is 0 Å². The lowest BCUT2D eigenvalue weighted by atomic mass is 9.47. The van der Waals surface area contributed by atoms with Gasteiger partial charge in [0.15, 0.2) is 17.6 Å². The lowest BCUT2D eigenvalue weighted by Crippen LogP contribution is -2.67. The molecule has 4 aliphatic rings. The third kappa shape index (κ3) is 2.67. The topological polar surface area (TPSA) is 128 Å². The Labute approximate surface area is 180 Å². The molecule has 4 N–H and O–H groups in total. The number of nitrogens with two attached hydrogens (primary N) is 1. The van der Waals surface area contributed by atoms with Crippen LogP contribution >= 0.6 is 0 Å². The fourth-order valence-electron chi connectivity index (χ4n) is 6.26. The maximum Gasteiger partial charge on any atom is 0.320 e. The Bertz CT molecular complexity index is 988. The lowest BCUT2D eigenvalue weighted by Gasteiger charge is -2.59. The van der Waals surface area contributed by atoms with Crippen LogP contribution in [0.2, 0.25) is 0 Å². The number of hydrogen-bond donors (Lipinski definition) is 3. The highest BCUT2D eigenvalue weighted by molar-refractivity contribution is 5.76. The molecular formula is C23H27NO7. The fraction of sp³-hybridized carbons (Fsp3) is 0.565. The summed E-state index contributed by atoms with van der Waals surface area (Å²) < 4.78 is 17.6. The van der Waals surface area contributed by atoms with Crippen LogP contribution in [0.15, 0.2) is 24.0 Å². The first-order valence-electron chi connectivity index (χ1n) is 10.8. The number of benzene rings is 1. The van der Waals surface area contributed by atoms with Crippen LogP contribution in [0.4, 0.5) is 0 Å². The molecule has 5 atom stereocenters. The normalized spacial score (nSPS) is 32.9. The second-order valence-corrected chi connectivity index (χ2v) is 9.09. The van der Waals surface area contributed by atoms with Crippen molar-refractivity contribution in [2.45, 2.75) is 68.1 Å². The van der Waals surface area contributed by atoms with Crippen molar-refractivity contribution in [3.05, 3.63) is 35.1 Å². The van der Waals surface area contributed by atoms with E-state index in [1.165, 1.54) is 0 Å². The molecule has 166 valence electrons. The monoisotopic (exact) mass is 429 g/mol. The van der Waals surface area contributed by atoms with E-state index in [4.69, 9.17) is 25.1 Å². The molecule has 8 nitrogen and oxygen atoms in total. The van der Waals surface area contributed by atoms with Gasteiger partial charge in [-0.1, -0.05) is 12.5 Å². The van der Waals surface area contributed by atoms with Crippen LogP contribution in [0.25, 0.3) is 0 Å². The SMILES string of the molecule is COc1ccc2c3c1O[C@H]1C(OC(=O)CC[C@H](N)C(=O)O)=CC[C@@]4(O)[C@H](CCC[C@]314)C2. The van der Waals surface area contributed by atoms with E-state index < -0.39 is 35.1 Å². The smallest absolute Gasteiger partial charge is 0.320 e. The standard InChI is InChI=1S/C23H27NO7/c1-29-15-6-4-12-11-13-3-2-9-22-18(12)19(15)31-20(22)16(8-10-23(13,22)28)30-17(25)7-5-14(24)21(26)27/h4,6,8,13-14,20,28H,2-3,5,7,9-11,24H2,1H3,(H,26,27)/t13-,14+,20+,22+,23-/m1/s1. The number of carbonyl (C=O) groups excluding carboxylic acids is 1. The zero-order chi connectivity index (χ0) is 22.0. The maximum absolute atomic E-state index is 12.5. The van der Waals surface area contributed by atoms with E-state index in [2.05, 4.69) is 6.07 Å². The van der Waals surface area contributed by atoms with Crippen LogP contribution in [0.1, 0.15) is 49.7 Å². The molecule has 0 aromatic heterocycles. The van der Waals surface area contributed by atoms with Crippen molar-refractivity contribution in [1.29, 1.82) is 0 Å². The van der Waals surface area contributed by atoms with Crippen molar-refractivity contribution in [1.82, 2.24) is 0 Å². The van der Waals surface area contributed by atoms with Crippen LogP contribution < -0.4 is 15.2 Å². The zero-order valence-electron chi connectivity index (χ0n) is 17.4.